The van der Waals surface area contributed by atoms with Crippen LogP contribution in [0.1, 0.15) is 31.5 Å². The molecular weight excluding hydrogens is 565 g/mol. The van der Waals surface area contributed by atoms with Crippen molar-refractivity contribution in [3.63, 3.8) is 0 Å². The van der Waals surface area contributed by atoms with Crippen LogP contribution in [0.4, 0.5) is 8.78 Å². The van der Waals surface area contributed by atoms with Crippen LogP contribution in [-0.2, 0) is 11.2 Å². The monoisotopic (exact) mass is 586 g/mol. The lowest BCUT2D eigenvalue weighted by Gasteiger charge is -2.20. The molecule has 1 atom stereocenters. The largest absolute Gasteiger partial charge is 0.495 e. The normalized spacial score (nSPS) is 12.3. The van der Waals surface area contributed by atoms with E-state index in [0.717, 1.165) is 0 Å². The maximum atomic E-state index is 13.4. The minimum Gasteiger partial charge on any atom is -0.495 e. The smallest absolute Gasteiger partial charge is 0.333 e. The van der Waals surface area contributed by atoms with Gasteiger partial charge in [-0.2, -0.15) is 13.9 Å². The summed E-state index contributed by atoms with van der Waals surface area (Å²) in [7, 11) is 1.46. The standard InChI is InChI=1S/C27H22Cl2F2N6O3/c1-3-21(23(38)9-15-4-6-20-16(8-15)12-37(33-20)27(30)31)35-13-24(40-2)19(11-26(35)39)18-10-17(28)5-7-22(18)36-14-25(29)32-34-36/h4-8,10-14,21,27H,3,9H2,1-2H3. The Morgan fingerprint density at radius 3 is 2.52 bits per heavy atom. The van der Waals surface area contributed by atoms with Crippen molar-refractivity contribution in [2.24, 2.45) is 0 Å². The van der Waals surface area contributed by atoms with Gasteiger partial charge in [0.15, 0.2) is 10.9 Å². The third-order valence-electron chi connectivity index (χ3n) is 6.48. The first-order valence-corrected chi connectivity index (χ1v) is 12.9. The summed E-state index contributed by atoms with van der Waals surface area (Å²) >= 11 is 12.2. The molecule has 0 aliphatic rings. The van der Waals surface area contributed by atoms with Gasteiger partial charge in [-0.15, -0.1) is 5.10 Å². The lowest BCUT2D eigenvalue weighted by molar-refractivity contribution is -0.121. The minimum absolute atomic E-state index is 0.00366. The quantitative estimate of drug-likeness (QED) is 0.213. The molecule has 5 aromatic rings. The zero-order valence-corrected chi connectivity index (χ0v) is 22.8. The fourth-order valence-corrected chi connectivity index (χ4v) is 4.93. The predicted molar refractivity (Wildman–Crippen MR) is 147 cm³/mol. The van der Waals surface area contributed by atoms with Crippen molar-refractivity contribution in [1.29, 1.82) is 0 Å². The number of benzene rings is 2. The topological polar surface area (TPSA) is 96.8 Å². The van der Waals surface area contributed by atoms with E-state index in [0.29, 0.717) is 55.2 Å². The summed E-state index contributed by atoms with van der Waals surface area (Å²) in [6, 6.07) is 10.6. The third kappa shape index (κ3) is 5.34. The number of hydrogen-bond acceptors (Lipinski definition) is 6. The van der Waals surface area contributed by atoms with Gasteiger partial charge < -0.3 is 9.30 Å². The Bertz CT molecular complexity index is 1780. The lowest BCUT2D eigenvalue weighted by atomic mass is 9.99. The van der Waals surface area contributed by atoms with E-state index >= 15 is 0 Å². The van der Waals surface area contributed by atoms with E-state index in [1.165, 1.54) is 41.0 Å². The molecule has 0 aliphatic carbocycles. The second-order valence-electron chi connectivity index (χ2n) is 9.00. The Morgan fingerprint density at radius 2 is 1.85 bits per heavy atom. The van der Waals surface area contributed by atoms with E-state index in [-0.39, 0.29) is 17.4 Å². The van der Waals surface area contributed by atoms with E-state index in [1.54, 1.807) is 43.3 Å². The molecule has 0 saturated heterocycles. The van der Waals surface area contributed by atoms with Crippen molar-refractivity contribution >= 4 is 39.9 Å². The summed E-state index contributed by atoms with van der Waals surface area (Å²) in [5, 5.41) is 12.8. The van der Waals surface area contributed by atoms with Crippen LogP contribution in [0.15, 0.2) is 65.8 Å². The molecule has 0 radical (unpaired) electrons. The maximum Gasteiger partial charge on any atom is 0.333 e. The number of Topliss-reactive ketones (excluding diaryl/α,β-unsaturated/α-hetero) is 1. The fourth-order valence-electron chi connectivity index (χ4n) is 4.63. The average molecular weight is 587 g/mol. The summed E-state index contributed by atoms with van der Waals surface area (Å²) in [5.41, 5.74) is 2.15. The van der Waals surface area contributed by atoms with Gasteiger partial charge >= 0.3 is 6.55 Å². The zero-order valence-electron chi connectivity index (χ0n) is 21.3. The first-order chi connectivity index (χ1) is 19.2. The molecule has 1 unspecified atom stereocenters. The number of hydrogen-bond donors (Lipinski definition) is 0. The van der Waals surface area contributed by atoms with Gasteiger partial charge in [0.2, 0.25) is 0 Å². The van der Waals surface area contributed by atoms with E-state index in [9.17, 15) is 18.4 Å². The van der Waals surface area contributed by atoms with Gasteiger partial charge in [0.05, 0.1) is 36.7 Å². The number of pyridine rings is 1. The number of carbonyl (C=O) groups is 1. The Labute approximate surface area is 236 Å². The Kier molecular flexibility index (Phi) is 7.68. The molecule has 13 heteroatoms. The number of halogens is 4. The molecule has 0 aliphatic heterocycles. The predicted octanol–water partition coefficient (Wildman–Crippen LogP) is 5.92. The van der Waals surface area contributed by atoms with Crippen molar-refractivity contribution in [2.75, 3.05) is 7.11 Å². The number of nitrogens with zero attached hydrogens (tertiary/aromatic N) is 6. The Balaban J connectivity index is 1.50. The number of methoxy groups -OCH3 is 1. The highest BCUT2D eigenvalue weighted by molar-refractivity contribution is 6.31. The molecule has 206 valence electrons. The van der Waals surface area contributed by atoms with E-state index in [4.69, 9.17) is 27.9 Å². The molecule has 2 aromatic carbocycles. The van der Waals surface area contributed by atoms with E-state index < -0.39 is 18.2 Å². The van der Waals surface area contributed by atoms with Crippen molar-refractivity contribution in [2.45, 2.75) is 32.4 Å². The van der Waals surface area contributed by atoms with E-state index in [1.807, 2.05) is 0 Å². The van der Waals surface area contributed by atoms with Gasteiger partial charge in [0, 0.05) is 40.2 Å². The molecule has 3 aromatic heterocycles. The van der Waals surface area contributed by atoms with Gasteiger partial charge in [-0.3, -0.25) is 9.59 Å². The summed E-state index contributed by atoms with van der Waals surface area (Å²) in [6.45, 7) is -0.960. The molecule has 0 fully saturated rings. The second kappa shape index (κ2) is 11.2. The number of ketones is 1. The third-order valence-corrected chi connectivity index (χ3v) is 6.89. The summed E-state index contributed by atoms with van der Waals surface area (Å²) < 4.78 is 35.0. The SMILES string of the molecule is CCC(C(=O)Cc1ccc2nn(C(F)F)cc2c1)n1cc(OC)c(-c2cc(Cl)ccc2-n2cc(Cl)nn2)cc1=O. The van der Waals surface area contributed by atoms with Crippen LogP contribution in [0, 0.1) is 0 Å². The highest BCUT2D eigenvalue weighted by atomic mass is 35.5. The van der Waals surface area contributed by atoms with Crippen LogP contribution in [0.5, 0.6) is 5.75 Å². The zero-order chi connectivity index (χ0) is 28.6. The molecule has 40 heavy (non-hydrogen) atoms. The number of rotatable bonds is 9. The maximum absolute atomic E-state index is 13.4. The van der Waals surface area contributed by atoms with Crippen LogP contribution in [0.3, 0.4) is 0 Å². The van der Waals surface area contributed by atoms with Crippen molar-refractivity contribution in [3.8, 4) is 22.6 Å². The first-order valence-electron chi connectivity index (χ1n) is 12.2. The Hall–Kier alpha value is -4.09. The molecule has 5 rings (SSSR count). The molecule has 0 amide bonds. The molecule has 0 bridgehead atoms. The molecule has 0 spiro atoms. The second-order valence-corrected chi connectivity index (χ2v) is 9.82. The Morgan fingerprint density at radius 1 is 1.05 bits per heavy atom. The number of carbonyl (C=O) groups excluding carboxylic acids is 1. The van der Waals surface area contributed by atoms with Gasteiger partial charge in [0.25, 0.3) is 5.56 Å². The summed E-state index contributed by atoms with van der Waals surface area (Å²) in [6.07, 6.45) is 4.59. The highest BCUT2D eigenvalue weighted by Crippen LogP contribution is 2.35. The molecule has 9 nitrogen and oxygen atoms in total. The summed E-state index contributed by atoms with van der Waals surface area (Å²) in [4.78, 5) is 26.8. The molecular formula is C27H22Cl2F2N6O3. The van der Waals surface area contributed by atoms with Crippen LogP contribution in [-0.4, -0.2) is 42.2 Å². The first kappa shape index (κ1) is 27.5. The minimum atomic E-state index is -2.76. The average Bonchev–Trinajstić information content (AvgIpc) is 3.56. The van der Waals surface area contributed by atoms with Crippen molar-refractivity contribution in [1.82, 2.24) is 29.3 Å². The van der Waals surface area contributed by atoms with Crippen molar-refractivity contribution in [3.05, 3.63) is 87.1 Å². The van der Waals surface area contributed by atoms with Gasteiger partial charge in [-0.05, 0) is 42.3 Å². The van der Waals surface area contributed by atoms with Gasteiger partial charge in [0.1, 0.15) is 5.75 Å². The molecule has 0 saturated carbocycles. The van der Waals surface area contributed by atoms with Gasteiger partial charge in [-0.1, -0.05) is 41.4 Å². The lowest BCUT2D eigenvalue weighted by Crippen LogP contribution is -2.30. The molecule has 0 N–H and O–H groups in total. The van der Waals surface area contributed by atoms with Crippen LogP contribution in [0.25, 0.3) is 27.7 Å². The molecule has 3 heterocycles. The van der Waals surface area contributed by atoms with Crippen LogP contribution >= 0.6 is 23.2 Å². The van der Waals surface area contributed by atoms with E-state index in [2.05, 4.69) is 15.4 Å². The van der Waals surface area contributed by atoms with Crippen LogP contribution < -0.4 is 10.3 Å². The van der Waals surface area contributed by atoms with Crippen molar-refractivity contribution < 1.29 is 18.3 Å². The van der Waals surface area contributed by atoms with Gasteiger partial charge in [-0.25, -0.2) is 9.36 Å². The van der Waals surface area contributed by atoms with Crippen LogP contribution in [0.2, 0.25) is 10.2 Å². The highest BCUT2D eigenvalue weighted by Gasteiger charge is 2.23. The number of ether oxygens (including phenoxy) is 1. The summed E-state index contributed by atoms with van der Waals surface area (Å²) in [5.74, 6) is 0.113. The fraction of sp³-hybridized carbons (Fsp3) is 0.222. The number of alkyl halides is 2. The number of fused-ring (bicyclic) bond motifs is 1. The number of aromatic nitrogens is 6.